The molecule has 1 saturated carbocycles. The molecule has 15 heavy (non-hydrogen) atoms. The van der Waals surface area contributed by atoms with E-state index in [2.05, 4.69) is 24.3 Å². The van der Waals surface area contributed by atoms with Gasteiger partial charge in [-0.1, -0.05) is 31.0 Å². The van der Waals surface area contributed by atoms with Gasteiger partial charge >= 0.3 is 0 Å². The van der Waals surface area contributed by atoms with Crippen molar-refractivity contribution < 1.29 is 4.74 Å². The molecule has 1 aliphatic heterocycles. The van der Waals surface area contributed by atoms with Crippen LogP contribution in [0.25, 0.3) is 0 Å². The molecule has 0 spiro atoms. The summed E-state index contributed by atoms with van der Waals surface area (Å²) in [6, 6.07) is 8.55. The number of hydrogen-bond acceptors (Lipinski definition) is 1. The Balaban J connectivity index is 1.88. The molecule has 0 aromatic heterocycles. The van der Waals surface area contributed by atoms with Crippen LogP contribution in [0.4, 0.5) is 0 Å². The van der Waals surface area contributed by atoms with E-state index in [9.17, 15) is 0 Å². The molecule has 1 aliphatic carbocycles. The minimum atomic E-state index is 0.811. The maximum atomic E-state index is 5.92. The fraction of sp³-hybridized carbons (Fsp3) is 0.571. The smallest absolute Gasteiger partial charge is 0.122 e. The van der Waals surface area contributed by atoms with Crippen LogP contribution in [0.15, 0.2) is 24.3 Å². The molecule has 0 N–H and O–H groups in total. The average molecular weight is 202 g/mol. The lowest BCUT2D eigenvalue weighted by molar-refractivity contribution is 0.163. The number of hydrogen-bond donors (Lipinski definition) is 0. The fourth-order valence-electron chi connectivity index (χ4n) is 3.07. The lowest BCUT2D eigenvalue weighted by Gasteiger charge is -2.28. The average Bonchev–Trinajstić information content (AvgIpc) is 2.48. The van der Waals surface area contributed by atoms with Crippen molar-refractivity contribution in [3.63, 3.8) is 0 Å². The summed E-state index contributed by atoms with van der Waals surface area (Å²) in [5, 5.41) is 0. The van der Waals surface area contributed by atoms with Crippen LogP contribution in [0.1, 0.15) is 31.2 Å². The summed E-state index contributed by atoms with van der Waals surface area (Å²) in [5.41, 5.74) is 1.42. The summed E-state index contributed by atoms with van der Waals surface area (Å²) in [4.78, 5) is 0. The van der Waals surface area contributed by atoms with Crippen LogP contribution >= 0.6 is 0 Å². The van der Waals surface area contributed by atoms with E-state index < -0.39 is 0 Å². The van der Waals surface area contributed by atoms with Crippen molar-refractivity contribution in [2.45, 2.75) is 32.1 Å². The molecule has 0 amide bonds. The Morgan fingerprint density at radius 1 is 1.00 bits per heavy atom. The lowest BCUT2D eigenvalue weighted by Crippen LogP contribution is -2.24. The molecule has 0 bridgehead atoms. The van der Waals surface area contributed by atoms with E-state index in [1.54, 1.807) is 0 Å². The molecule has 80 valence electrons. The largest absolute Gasteiger partial charge is 0.493 e. The predicted molar refractivity (Wildman–Crippen MR) is 61.1 cm³/mol. The second-order valence-electron chi connectivity index (χ2n) is 4.93. The number of benzene rings is 1. The second kappa shape index (κ2) is 3.88. The van der Waals surface area contributed by atoms with Crippen molar-refractivity contribution in [2.75, 3.05) is 6.61 Å². The highest BCUT2D eigenvalue weighted by Gasteiger charge is 2.29. The first-order chi connectivity index (χ1) is 7.43. The second-order valence-corrected chi connectivity index (χ2v) is 4.93. The van der Waals surface area contributed by atoms with Gasteiger partial charge in [0.05, 0.1) is 6.61 Å². The summed E-state index contributed by atoms with van der Waals surface area (Å²) in [5.74, 6) is 2.82. The molecule has 3 rings (SSSR count). The van der Waals surface area contributed by atoms with Gasteiger partial charge in [0.1, 0.15) is 5.75 Å². The third-order valence-corrected chi connectivity index (χ3v) is 3.97. The van der Waals surface area contributed by atoms with E-state index in [4.69, 9.17) is 4.74 Å². The topological polar surface area (TPSA) is 9.23 Å². The molecular weight excluding hydrogens is 184 g/mol. The molecule has 1 nitrogen and oxygen atoms in total. The van der Waals surface area contributed by atoms with Gasteiger partial charge in [-0.3, -0.25) is 0 Å². The lowest BCUT2D eigenvalue weighted by atomic mass is 9.77. The first-order valence-electron chi connectivity index (χ1n) is 6.14. The van der Waals surface area contributed by atoms with E-state index in [0.717, 1.165) is 24.2 Å². The van der Waals surface area contributed by atoms with E-state index in [0.29, 0.717) is 0 Å². The minimum absolute atomic E-state index is 0.811. The quantitative estimate of drug-likeness (QED) is 0.626. The van der Waals surface area contributed by atoms with Gasteiger partial charge in [-0.05, 0) is 42.7 Å². The fourth-order valence-corrected chi connectivity index (χ4v) is 3.07. The standard InChI is InChI=1S/C14H18O/c1-2-7-13-10-15-14-8-4-3-6-12(14)9-11(13)5-1/h3-4,6,8,11,13H,1-2,5,7,9-10H2/t11-,13+/m1/s1. The van der Waals surface area contributed by atoms with Gasteiger partial charge in [0.15, 0.2) is 0 Å². The van der Waals surface area contributed by atoms with Crippen LogP contribution in [0.5, 0.6) is 5.75 Å². The zero-order valence-electron chi connectivity index (χ0n) is 9.11. The number of rotatable bonds is 0. The highest BCUT2D eigenvalue weighted by Crippen LogP contribution is 2.37. The maximum absolute atomic E-state index is 5.92. The molecule has 2 aliphatic rings. The Labute approximate surface area is 91.5 Å². The number of para-hydroxylation sites is 1. The molecule has 1 aromatic rings. The van der Waals surface area contributed by atoms with Crippen LogP contribution in [0.2, 0.25) is 0 Å². The molecule has 1 aromatic carbocycles. The summed E-state index contributed by atoms with van der Waals surface area (Å²) in [6.07, 6.45) is 6.84. The van der Waals surface area contributed by atoms with E-state index in [1.165, 1.54) is 37.7 Å². The van der Waals surface area contributed by atoms with Gasteiger partial charge in [0.25, 0.3) is 0 Å². The molecule has 2 atom stereocenters. The normalized spacial score (nSPS) is 29.6. The highest BCUT2D eigenvalue weighted by atomic mass is 16.5. The third kappa shape index (κ3) is 1.75. The third-order valence-electron chi connectivity index (χ3n) is 3.97. The Hall–Kier alpha value is -0.980. The maximum Gasteiger partial charge on any atom is 0.122 e. The highest BCUT2D eigenvalue weighted by molar-refractivity contribution is 5.34. The Bertz CT molecular complexity index is 345. The summed E-state index contributed by atoms with van der Waals surface area (Å²) in [7, 11) is 0. The number of fused-ring (bicyclic) bond motifs is 2. The van der Waals surface area contributed by atoms with Crippen molar-refractivity contribution in [1.82, 2.24) is 0 Å². The van der Waals surface area contributed by atoms with E-state index >= 15 is 0 Å². The summed E-state index contributed by atoms with van der Waals surface area (Å²) < 4.78 is 5.92. The molecular formula is C14H18O. The molecule has 1 heteroatoms. The van der Waals surface area contributed by atoms with Crippen molar-refractivity contribution in [3.8, 4) is 5.75 Å². The SMILES string of the molecule is c1ccc2c(c1)C[C@H]1CCCC[C@H]1CO2. The first-order valence-corrected chi connectivity index (χ1v) is 6.14. The number of ether oxygens (including phenoxy) is 1. The Kier molecular flexibility index (Phi) is 2.40. The van der Waals surface area contributed by atoms with Crippen molar-refractivity contribution in [3.05, 3.63) is 29.8 Å². The van der Waals surface area contributed by atoms with Gasteiger partial charge in [-0.2, -0.15) is 0 Å². The van der Waals surface area contributed by atoms with Crippen LogP contribution in [-0.4, -0.2) is 6.61 Å². The molecule has 1 fully saturated rings. The zero-order valence-corrected chi connectivity index (χ0v) is 9.11. The van der Waals surface area contributed by atoms with Gasteiger partial charge < -0.3 is 4.74 Å². The van der Waals surface area contributed by atoms with E-state index in [-0.39, 0.29) is 0 Å². The van der Waals surface area contributed by atoms with Crippen molar-refractivity contribution in [2.24, 2.45) is 11.8 Å². The van der Waals surface area contributed by atoms with Gasteiger partial charge in [-0.25, -0.2) is 0 Å². The first kappa shape index (κ1) is 9.26. The van der Waals surface area contributed by atoms with Gasteiger partial charge in [0, 0.05) is 0 Å². The Morgan fingerprint density at radius 3 is 2.73 bits per heavy atom. The van der Waals surface area contributed by atoms with Crippen molar-refractivity contribution in [1.29, 1.82) is 0 Å². The zero-order chi connectivity index (χ0) is 10.1. The van der Waals surface area contributed by atoms with Crippen LogP contribution in [0, 0.1) is 11.8 Å². The monoisotopic (exact) mass is 202 g/mol. The molecule has 0 radical (unpaired) electrons. The van der Waals surface area contributed by atoms with E-state index in [1.807, 2.05) is 0 Å². The molecule has 1 heterocycles. The van der Waals surface area contributed by atoms with Gasteiger partial charge in [-0.15, -0.1) is 0 Å². The van der Waals surface area contributed by atoms with Crippen LogP contribution in [-0.2, 0) is 6.42 Å². The van der Waals surface area contributed by atoms with Crippen LogP contribution in [0.3, 0.4) is 0 Å². The van der Waals surface area contributed by atoms with Crippen LogP contribution < -0.4 is 4.74 Å². The minimum Gasteiger partial charge on any atom is -0.493 e. The Morgan fingerprint density at radius 2 is 1.80 bits per heavy atom. The summed E-state index contributed by atoms with van der Waals surface area (Å²) in [6.45, 7) is 0.946. The predicted octanol–water partition coefficient (Wildman–Crippen LogP) is 3.43. The molecule has 0 unspecified atom stereocenters. The molecule has 0 saturated heterocycles. The van der Waals surface area contributed by atoms with Gasteiger partial charge in [0.2, 0.25) is 0 Å². The summed E-state index contributed by atoms with van der Waals surface area (Å²) >= 11 is 0. The van der Waals surface area contributed by atoms with Crippen molar-refractivity contribution >= 4 is 0 Å².